The number of benzene rings is 1. The second kappa shape index (κ2) is 7.61. The molecule has 0 aromatic heterocycles. The predicted octanol–water partition coefficient (Wildman–Crippen LogP) is 4.38. The van der Waals surface area contributed by atoms with E-state index in [9.17, 15) is 19.7 Å². The number of ether oxygens (including phenoxy) is 1. The SMILES string of the molecule is COC(=O)c1cc(/C=C/C(=O)c2ccc([N+](=O)[O-])cc2)c2cccccc1-2. The molecule has 0 unspecified atom stereocenters. The van der Waals surface area contributed by atoms with Crippen LogP contribution in [0.4, 0.5) is 5.69 Å². The molecule has 0 heterocycles. The molecular weight excluding hydrogens is 346 g/mol. The summed E-state index contributed by atoms with van der Waals surface area (Å²) in [5.74, 6) is -0.744. The van der Waals surface area contributed by atoms with E-state index in [1.807, 2.05) is 30.3 Å². The van der Waals surface area contributed by atoms with E-state index in [1.54, 1.807) is 12.1 Å². The van der Waals surface area contributed by atoms with Gasteiger partial charge in [0.25, 0.3) is 5.69 Å². The number of nitrogens with zero attached hydrogens (tertiary/aromatic N) is 1. The highest BCUT2D eigenvalue weighted by Gasteiger charge is 2.19. The van der Waals surface area contributed by atoms with Crippen LogP contribution in [-0.4, -0.2) is 23.8 Å². The molecule has 27 heavy (non-hydrogen) atoms. The zero-order valence-corrected chi connectivity index (χ0v) is 14.4. The molecule has 6 heteroatoms. The van der Waals surface area contributed by atoms with Gasteiger partial charge in [-0.3, -0.25) is 14.9 Å². The molecule has 0 aliphatic heterocycles. The Morgan fingerprint density at radius 2 is 1.67 bits per heavy atom. The molecule has 0 bridgehead atoms. The van der Waals surface area contributed by atoms with Crippen LogP contribution in [0.1, 0.15) is 26.3 Å². The van der Waals surface area contributed by atoms with E-state index in [-0.39, 0.29) is 11.5 Å². The first-order valence-corrected chi connectivity index (χ1v) is 8.08. The van der Waals surface area contributed by atoms with Crippen molar-refractivity contribution in [3.05, 3.63) is 93.5 Å². The molecule has 0 N–H and O–H groups in total. The van der Waals surface area contributed by atoms with Crippen molar-refractivity contribution in [1.29, 1.82) is 0 Å². The van der Waals surface area contributed by atoms with Crippen molar-refractivity contribution in [2.24, 2.45) is 0 Å². The van der Waals surface area contributed by atoms with Crippen LogP contribution in [0.3, 0.4) is 0 Å². The minimum atomic E-state index is -0.519. The van der Waals surface area contributed by atoms with Gasteiger partial charge in [-0.1, -0.05) is 36.4 Å². The Kier molecular flexibility index (Phi) is 5.08. The number of non-ortho nitro benzene ring substituents is 1. The maximum Gasteiger partial charge on any atom is 0.338 e. The summed E-state index contributed by atoms with van der Waals surface area (Å²) in [5, 5.41) is 10.7. The number of methoxy groups -OCH3 is 1. The van der Waals surface area contributed by atoms with Crippen LogP contribution in [-0.2, 0) is 4.74 Å². The summed E-state index contributed by atoms with van der Waals surface area (Å²) in [7, 11) is 1.32. The summed E-state index contributed by atoms with van der Waals surface area (Å²) in [4.78, 5) is 34.5. The summed E-state index contributed by atoms with van der Waals surface area (Å²) in [6.45, 7) is 0. The summed E-state index contributed by atoms with van der Waals surface area (Å²) in [6, 6.07) is 16.3. The molecule has 0 saturated carbocycles. The van der Waals surface area contributed by atoms with E-state index in [2.05, 4.69) is 0 Å². The largest absolute Gasteiger partial charge is 0.465 e. The minimum Gasteiger partial charge on any atom is -0.465 e. The Morgan fingerprint density at radius 3 is 2.30 bits per heavy atom. The molecule has 2 aliphatic carbocycles. The Balaban J connectivity index is 1.93. The highest BCUT2D eigenvalue weighted by atomic mass is 16.6. The maximum absolute atomic E-state index is 12.3. The number of allylic oxidation sites excluding steroid dienone is 1. The van der Waals surface area contributed by atoms with E-state index < -0.39 is 10.9 Å². The number of fused-ring (bicyclic) bond motifs is 1. The van der Waals surface area contributed by atoms with Crippen molar-refractivity contribution in [1.82, 2.24) is 0 Å². The lowest BCUT2D eigenvalue weighted by atomic mass is 10.1. The van der Waals surface area contributed by atoms with E-state index >= 15 is 0 Å². The number of ketones is 1. The average Bonchev–Trinajstić information content (AvgIpc) is 2.85. The Morgan fingerprint density at radius 1 is 1.00 bits per heavy atom. The molecule has 0 radical (unpaired) electrons. The van der Waals surface area contributed by atoms with Gasteiger partial charge in [0.15, 0.2) is 5.78 Å². The van der Waals surface area contributed by atoms with Crippen molar-refractivity contribution in [2.75, 3.05) is 7.11 Å². The molecule has 1 aromatic rings. The van der Waals surface area contributed by atoms with E-state index in [1.165, 1.54) is 37.5 Å². The van der Waals surface area contributed by atoms with Gasteiger partial charge in [0, 0.05) is 17.7 Å². The second-order valence-electron chi connectivity index (χ2n) is 5.74. The predicted molar refractivity (Wildman–Crippen MR) is 101 cm³/mol. The number of esters is 1. The first kappa shape index (κ1) is 18.0. The molecule has 0 fully saturated rings. The van der Waals surface area contributed by atoms with Crippen molar-refractivity contribution in [3.63, 3.8) is 0 Å². The quantitative estimate of drug-likeness (QED) is 0.221. The molecule has 0 atom stereocenters. The lowest BCUT2D eigenvalue weighted by Crippen LogP contribution is -1.99. The zero-order chi connectivity index (χ0) is 19.4. The van der Waals surface area contributed by atoms with E-state index in [0.717, 1.165) is 11.1 Å². The maximum atomic E-state index is 12.3. The second-order valence-corrected chi connectivity index (χ2v) is 5.74. The fraction of sp³-hybridized carbons (Fsp3) is 0.0476. The van der Waals surface area contributed by atoms with Gasteiger partial charge in [-0.05, 0) is 41.0 Å². The molecule has 2 aliphatic rings. The molecule has 6 nitrogen and oxygen atoms in total. The van der Waals surface area contributed by atoms with E-state index in [0.29, 0.717) is 16.7 Å². The molecule has 0 saturated heterocycles. The number of rotatable bonds is 5. The van der Waals surface area contributed by atoms with Crippen LogP contribution in [0.5, 0.6) is 0 Å². The zero-order valence-electron chi connectivity index (χ0n) is 14.4. The van der Waals surface area contributed by atoms with Crippen LogP contribution < -0.4 is 0 Å². The van der Waals surface area contributed by atoms with Crippen LogP contribution in [0.15, 0.2) is 66.7 Å². The van der Waals surface area contributed by atoms with Gasteiger partial charge < -0.3 is 4.74 Å². The first-order valence-electron chi connectivity index (χ1n) is 8.08. The van der Waals surface area contributed by atoms with Gasteiger partial charge in [-0.25, -0.2) is 4.79 Å². The number of hydrogen-bond acceptors (Lipinski definition) is 5. The third kappa shape index (κ3) is 3.74. The number of carbonyl (C=O) groups excluding carboxylic acids is 2. The molecule has 1 aromatic carbocycles. The fourth-order valence-corrected chi connectivity index (χ4v) is 2.77. The van der Waals surface area contributed by atoms with Crippen molar-refractivity contribution in [2.45, 2.75) is 0 Å². The normalized spacial score (nSPS) is 10.9. The smallest absolute Gasteiger partial charge is 0.338 e. The number of nitro groups is 1. The summed E-state index contributed by atoms with van der Waals surface area (Å²) < 4.78 is 4.83. The Labute approximate surface area is 155 Å². The van der Waals surface area contributed by atoms with Gasteiger partial charge in [0.2, 0.25) is 0 Å². The molecule has 3 rings (SSSR count). The first-order chi connectivity index (χ1) is 13.0. The van der Waals surface area contributed by atoms with Crippen molar-refractivity contribution in [3.8, 4) is 11.1 Å². The van der Waals surface area contributed by atoms with Gasteiger partial charge >= 0.3 is 5.97 Å². The van der Waals surface area contributed by atoms with E-state index in [4.69, 9.17) is 4.74 Å². The highest BCUT2D eigenvalue weighted by molar-refractivity contribution is 6.08. The molecular formula is C21H15NO5. The monoisotopic (exact) mass is 361 g/mol. The molecule has 134 valence electrons. The summed E-state index contributed by atoms with van der Waals surface area (Å²) in [6.07, 6.45) is 3.00. The van der Waals surface area contributed by atoms with Gasteiger partial charge in [0.1, 0.15) is 0 Å². The van der Waals surface area contributed by atoms with Crippen molar-refractivity contribution >= 4 is 23.5 Å². The van der Waals surface area contributed by atoms with Gasteiger partial charge in [-0.2, -0.15) is 0 Å². The Hall–Kier alpha value is -3.80. The van der Waals surface area contributed by atoms with Crippen LogP contribution in [0, 0.1) is 10.1 Å². The van der Waals surface area contributed by atoms with Gasteiger partial charge in [0.05, 0.1) is 17.6 Å². The van der Waals surface area contributed by atoms with Gasteiger partial charge in [-0.15, -0.1) is 0 Å². The standard InChI is InChI=1S/C21H15NO5/c1-27-21(24)19-13-15(17-5-3-2-4-6-18(17)19)9-12-20(23)14-7-10-16(11-8-14)22(25)26/h2-13H,1H3/b12-9+. The third-order valence-corrected chi connectivity index (χ3v) is 4.12. The van der Waals surface area contributed by atoms with Crippen molar-refractivity contribution < 1.29 is 19.2 Å². The average molecular weight is 361 g/mol. The fourth-order valence-electron chi connectivity index (χ4n) is 2.77. The van der Waals surface area contributed by atoms with Crippen LogP contribution >= 0.6 is 0 Å². The number of hydrogen-bond donors (Lipinski definition) is 0. The third-order valence-electron chi connectivity index (χ3n) is 4.12. The number of carbonyl (C=O) groups is 2. The molecule has 0 amide bonds. The van der Waals surface area contributed by atoms with Crippen LogP contribution in [0.25, 0.3) is 17.2 Å². The summed E-state index contributed by atoms with van der Waals surface area (Å²) in [5.41, 5.74) is 2.93. The Bertz CT molecular complexity index is 1020. The lowest BCUT2D eigenvalue weighted by Gasteiger charge is -1.99. The number of nitro benzene ring substituents is 1. The highest BCUT2D eigenvalue weighted by Crippen LogP contribution is 2.33. The topological polar surface area (TPSA) is 86.5 Å². The minimum absolute atomic E-state index is 0.0761. The summed E-state index contributed by atoms with van der Waals surface area (Å²) >= 11 is 0. The lowest BCUT2D eigenvalue weighted by molar-refractivity contribution is -0.384. The molecule has 0 spiro atoms. The van der Waals surface area contributed by atoms with Crippen LogP contribution in [0.2, 0.25) is 0 Å².